The second-order valence-electron chi connectivity index (χ2n) is 5.93. The van der Waals surface area contributed by atoms with Crippen LogP contribution in [-0.4, -0.2) is 24.6 Å². The first-order valence-electron chi connectivity index (χ1n) is 8.58. The van der Waals surface area contributed by atoms with Gasteiger partial charge in [0, 0.05) is 21.9 Å². The number of benzene rings is 2. The van der Waals surface area contributed by atoms with Crippen molar-refractivity contribution >= 4 is 27.5 Å². The number of alkyl halides is 2. The Bertz CT molecular complexity index is 969. The molecule has 0 fully saturated rings. The summed E-state index contributed by atoms with van der Waals surface area (Å²) in [6.45, 7) is -2.76. The molecule has 0 aliphatic carbocycles. The molecule has 8 heteroatoms. The van der Waals surface area contributed by atoms with Crippen LogP contribution in [0.3, 0.4) is 0 Å². The van der Waals surface area contributed by atoms with Crippen LogP contribution < -0.4 is 14.4 Å². The van der Waals surface area contributed by atoms with Gasteiger partial charge < -0.3 is 14.4 Å². The molecule has 0 unspecified atom stereocenters. The maximum atomic E-state index is 13.3. The van der Waals surface area contributed by atoms with E-state index in [1.807, 2.05) is 24.3 Å². The molecule has 0 atom stereocenters. The van der Waals surface area contributed by atoms with Gasteiger partial charge in [-0.1, -0.05) is 22.0 Å². The number of aromatic nitrogens is 1. The van der Waals surface area contributed by atoms with Gasteiger partial charge in [0.15, 0.2) is 11.5 Å². The van der Waals surface area contributed by atoms with Gasteiger partial charge >= 0.3 is 6.61 Å². The molecule has 0 N–H and O–H groups in total. The lowest BCUT2D eigenvalue weighted by Crippen LogP contribution is -2.30. The summed E-state index contributed by atoms with van der Waals surface area (Å²) in [7, 11) is 1.32. The fraction of sp³-hybridized carbons (Fsp3) is 0.143. The molecule has 0 aliphatic heterocycles. The van der Waals surface area contributed by atoms with E-state index in [1.165, 1.54) is 25.3 Å². The molecule has 3 rings (SSSR count). The lowest BCUT2D eigenvalue weighted by Gasteiger charge is -2.23. The van der Waals surface area contributed by atoms with E-state index in [9.17, 15) is 13.6 Å². The predicted octanol–water partition coefficient (Wildman–Crippen LogP) is 5.30. The highest BCUT2D eigenvalue weighted by atomic mass is 79.9. The van der Waals surface area contributed by atoms with Gasteiger partial charge in [-0.05, 0) is 54.6 Å². The number of amides is 1. The Kier molecular flexibility index (Phi) is 6.77. The number of anilines is 1. The molecule has 1 amide bonds. The lowest BCUT2D eigenvalue weighted by molar-refractivity contribution is -0.0512. The molecule has 0 spiro atoms. The largest absolute Gasteiger partial charge is 0.493 e. The molecule has 5 nitrogen and oxygen atoms in total. The molecular weight excluding hydrogens is 446 g/mol. The van der Waals surface area contributed by atoms with Gasteiger partial charge in [0.1, 0.15) is 0 Å². The zero-order chi connectivity index (χ0) is 20.8. The van der Waals surface area contributed by atoms with E-state index in [2.05, 4.69) is 25.7 Å². The molecular formula is C21H17BrF2N2O3. The minimum Gasteiger partial charge on any atom is -0.493 e. The van der Waals surface area contributed by atoms with E-state index >= 15 is 0 Å². The molecule has 3 aromatic rings. The van der Waals surface area contributed by atoms with E-state index in [0.29, 0.717) is 11.4 Å². The summed E-state index contributed by atoms with van der Waals surface area (Å²) in [5.74, 6) is -0.427. The maximum Gasteiger partial charge on any atom is 0.387 e. The fourth-order valence-electron chi connectivity index (χ4n) is 2.70. The van der Waals surface area contributed by atoms with E-state index < -0.39 is 6.61 Å². The van der Waals surface area contributed by atoms with Gasteiger partial charge in [0.05, 0.1) is 19.3 Å². The summed E-state index contributed by atoms with van der Waals surface area (Å²) < 4.78 is 35.5. The predicted molar refractivity (Wildman–Crippen MR) is 109 cm³/mol. The first-order chi connectivity index (χ1) is 14.0. The van der Waals surface area contributed by atoms with E-state index in [0.717, 1.165) is 4.47 Å². The number of methoxy groups -OCH3 is 1. The molecule has 0 radical (unpaired) electrons. The molecule has 1 heterocycles. The SMILES string of the molecule is COc1cc(C(=O)N(Cc2ccccn2)c2ccc(Br)cc2)ccc1OC(F)F. The Morgan fingerprint density at radius 3 is 2.48 bits per heavy atom. The molecule has 0 saturated carbocycles. The van der Waals surface area contributed by atoms with Crippen LogP contribution in [0.25, 0.3) is 0 Å². The number of rotatable bonds is 7. The van der Waals surface area contributed by atoms with Crippen LogP contribution in [0.1, 0.15) is 16.1 Å². The van der Waals surface area contributed by atoms with Gasteiger partial charge in [0.2, 0.25) is 0 Å². The number of ether oxygens (including phenoxy) is 2. The summed E-state index contributed by atoms with van der Waals surface area (Å²) in [6, 6.07) is 16.8. The van der Waals surface area contributed by atoms with Crippen LogP contribution in [-0.2, 0) is 6.54 Å². The Hall–Kier alpha value is -3.00. The summed E-state index contributed by atoms with van der Waals surface area (Å²) in [6.07, 6.45) is 1.65. The van der Waals surface area contributed by atoms with E-state index in [-0.39, 0.29) is 29.5 Å². The minimum atomic E-state index is -2.99. The summed E-state index contributed by atoms with van der Waals surface area (Å²) >= 11 is 3.38. The fourth-order valence-corrected chi connectivity index (χ4v) is 2.97. The van der Waals surface area contributed by atoms with Crippen LogP contribution in [0.4, 0.5) is 14.5 Å². The van der Waals surface area contributed by atoms with Crippen molar-refractivity contribution in [3.8, 4) is 11.5 Å². The van der Waals surface area contributed by atoms with Crippen LogP contribution in [0.5, 0.6) is 11.5 Å². The van der Waals surface area contributed by atoms with Crippen molar-refractivity contribution in [3.05, 3.63) is 82.6 Å². The van der Waals surface area contributed by atoms with Crippen LogP contribution >= 0.6 is 15.9 Å². The number of halogens is 3. The second-order valence-corrected chi connectivity index (χ2v) is 6.85. The summed E-state index contributed by atoms with van der Waals surface area (Å²) in [5.41, 5.74) is 1.63. The second kappa shape index (κ2) is 9.47. The standard InChI is InChI=1S/C21H17BrF2N2O3/c1-28-19-12-14(5-10-18(19)29-21(23)24)20(27)26(13-16-4-2-3-11-25-16)17-8-6-15(22)7-9-17/h2-12,21H,13H2,1H3. The summed E-state index contributed by atoms with van der Waals surface area (Å²) in [4.78, 5) is 19.1. The molecule has 150 valence electrons. The van der Waals surface area contributed by atoms with Gasteiger partial charge in [-0.3, -0.25) is 9.78 Å². The first kappa shape index (κ1) is 20.7. The van der Waals surface area contributed by atoms with Crippen molar-refractivity contribution in [2.24, 2.45) is 0 Å². The normalized spacial score (nSPS) is 10.7. The summed E-state index contributed by atoms with van der Waals surface area (Å²) in [5, 5.41) is 0. The Morgan fingerprint density at radius 2 is 1.86 bits per heavy atom. The molecule has 2 aromatic carbocycles. The molecule has 0 aliphatic rings. The monoisotopic (exact) mass is 462 g/mol. The zero-order valence-corrected chi connectivity index (χ0v) is 17.0. The van der Waals surface area contributed by atoms with Gasteiger partial charge in [-0.2, -0.15) is 8.78 Å². The van der Waals surface area contributed by atoms with Gasteiger partial charge in [0.25, 0.3) is 5.91 Å². The number of pyridine rings is 1. The van der Waals surface area contributed by atoms with Crippen LogP contribution in [0, 0.1) is 0 Å². The van der Waals surface area contributed by atoms with Crippen molar-refractivity contribution in [2.45, 2.75) is 13.2 Å². The average Bonchev–Trinajstić information content (AvgIpc) is 2.73. The average molecular weight is 463 g/mol. The Morgan fingerprint density at radius 1 is 1.10 bits per heavy atom. The first-order valence-corrected chi connectivity index (χ1v) is 9.37. The zero-order valence-electron chi connectivity index (χ0n) is 15.4. The third kappa shape index (κ3) is 5.29. The van der Waals surface area contributed by atoms with Crippen molar-refractivity contribution in [1.82, 2.24) is 4.98 Å². The topological polar surface area (TPSA) is 51.7 Å². The molecule has 0 bridgehead atoms. The lowest BCUT2D eigenvalue weighted by atomic mass is 10.1. The highest BCUT2D eigenvalue weighted by Gasteiger charge is 2.21. The number of hydrogen-bond donors (Lipinski definition) is 0. The van der Waals surface area contributed by atoms with E-state index in [4.69, 9.17) is 4.74 Å². The number of hydrogen-bond acceptors (Lipinski definition) is 4. The van der Waals surface area contributed by atoms with Gasteiger partial charge in [-0.15, -0.1) is 0 Å². The molecule has 0 saturated heterocycles. The Labute approximate surface area is 175 Å². The molecule has 29 heavy (non-hydrogen) atoms. The van der Waals surface area contributed by atoms with Crippen molar-refractivity contribution in [1.29, 1.82) is 0 Å². The van der Waals surface area contributed by atoms with Crippen LogP contribution in [0.2, 0.25) is 0 Å². The number of carbonyl (C=O) groups excluding carboxylic acids is 1. The van der Waals surface area contributed by atoms with Crippen molar-refractivity contribution < 1.29 is 23.0 Å². The minimum absolute atomic E-state index is 0.0461. The molecule has 1 aromatic heterocycles. The van der Waals surface area contributed by atoms with Crippen LogP contribution in [0.15, 0.2) is 71.3 Å². The van der Waals surface area contributed by atoms with E-state index in [1.54, 1.807) is 29.3 Å². The van der Waals surface area contributed by atoms with Crippen molar-refractivity contribution in [3.63, 3.8) is 0 Å². The highest BCUT2D eigenvalue weighted by Crippen LogP contribution is 2.31. The Balaban J connectivity index is 1.96. The smallest absolute Gasteiger partial charge is 0.387 e. The van der Waals surface area contributed by atoms with Crippen molar-refractivity contribution in [2.75, 3.05) is 12.0 Å². The third-order valence-electron chi connectivity index (χ3n) is 4.06. The highest BCUT2D eigenvalue weighted by molar-refractivity contribution is 9.10. The number of nitrogens with zero attached hydrogens (tertiary/aromatic N) is 2. The quantitative estimate of drug-likeness (QED) is 0.477. The third-order valence-corrected chi connectivity index (χ3v) is 4.59. The van der Waals surface area contributed by atoms with Gasteiger partial charge in [-0.25, -0.2) is 0 Å². The maximum absolute atomic E-state index is 13.3. The number of carbonyl (C=O) groups is 1.